The number of carbonyl (C=O) groups excluding carboxylic acids is 1. The van der Waals surface area contributed by atoms with Gasteiger partial charge in [-0.25, -0.2) is 24.3 Å². The van der Waals surface area contributed by atoms with E-state index in [1.807, 2.05) is 60.7 Å². The van der Waals surface area contributed by atoms with Gasteiger partial charge in [0.25, 0.3) is 0 Å². The van der Waals surface area contributed by atoms with Gasteiger partial charge in [0.2, 0.25) is 0 Å². The summed E-state index contributed by atoms with van der Waals surface area (Å²) in [6.07, 6.45) is 26.1. The maximum absolute atomic E-state index is 13.8. The van der Waals surface area contributed by atoms with Crippen molar-refractivity contribution < 1.29 is 13.9 Å². The van der Waals surface area contributed by atoms with Gasteiger partial charge in [-0.1, -0.05) is 108 Å². The predicted octanol–water partition coefficient (Wildman–Crippen LogP) is 17.9. The van der Waals surface area contributed by atoms with E-state index in [-0.39, 0.29) is 22.2 Å². The van der Waals surface area contributed by atoms with Gasteiger partial charge in [0.1, 0.15) is 6.17 Å². The normalized spacial score (nSPS) is 22.1. The number of esters is 1. The highest BCUT2D eigenvalue weighted by atomic mass is 35.5. The minimum Gasteiger partial charge on any atom is -0.466 e. The van der Waals surface area contributed by atoms with Crippen molar-refractivity contribution in [2.75, 3.05) is 6.61 Å². The monoisotopic (exact) mass is 1350 g/mol. The van der Waals surface area contributed by atoms with Crippen LogP contribution < -0.4 is 0 Å². The number of aryl methyl sites for hydroxylation is 2. The van der Waals surface area contributed by atoms with E-state index in [9.17, 15) is 9.18 Å². The van der Waals surface area contributed by atoms with Crippen molar-refractivity contribution in [1.82, 2.24) is 60.7 Å². The Morgan fingerprint density at radius 2 is 0.684 bits per heavy atom. The molecule has 4 aromatic carbocycles. The molecule has 0 bridgehead atoms. The van der Waals surface area contributed by atoms with Crippen LogP contribution in [0.5, 0.6) is 0 Å². The molecule has 0 atom stereocenters. The second-order valence-corrected chi connectivity index (χ2v) is 30.5. The average molecular weight is 1360 g/mol. The molecule has 10 aliphatic rings. The van der Waals surface area contributed by atoms with Crippen LogP contribution in [0.2, 0.25) is 20.1 Å². The summed E-state index contributed by atoms with van der Waals surface area (Å²) in [5.74, 6) is 6.60. The first-order valence-electron chi connectivity index (χ1n) is 35.0. The first kappa shape index (κ1) is 64.5. The van der Waals surface area contributed by atoms with E-state index < -0.39 is 11.6 Å². The Hall–Kier alpha value is -6.52. The van der Waals surface area contributed by atoms with Crippen molar-refractivity contribution in [1.29, 1.82) is 0 Å². The smallest absolute Gasteiger partial charge is 0.302 e. The minimum atomic E-state index is -0.795. The van der Waals surface area contributed by atoms with Crippen molar-refractivity contribution in [3.63, 3.8) is 0 Å². The van der Waals surface area contributed by atoms with E-state index in [0.717, 1.165) is 137 Å². The highest BCUT2D eigenvalue weighted by molar-refractivity contribution is 6.31. The molecular formula is C76H81Cl4FN12O2. The number of aromatic nitrogens is 12. The van der Waals surface area contributed by atoms with Crippen LogP contribution in [-0.4, -0.2) is 79.5 Å². The summed E-state index contributed by atoms with van der Waals surface area (Å²) in [6, 6.07) is 31.9. The van der Waals surface area contributed by atoms with Gasteiger partial charge in [0.15, 0.2) is 23.3 Å². The number of ether oxygens (including phenoxy) is 1. The van der Waals surface area contributed by atoms with Gasteiger partial charge < -0.3 is 4.74 Å². The van der Waals surface area contributed by atoms with Crippen LogP contribution in [0.4, 0.5) is 4.39 Å². The number of benzene rings is 4. The Balaban J connectivity index is 0.000000104. The van der Waals surface area contributed by atoms with E-state index in [1.165, 1.54) is 118 Å². The van der Waals surface area contributed by atoms with E-state index in [4.69, 9.17) is 71.1 Å². The molecule has 10 aliphatic carbocycles. The molecule has 19 heteroatoms. The molecular weight excluding hydrogens is 1270 g/mol. The molecule has 4 aromatic heterocycles. The van der Waals surface area contributed by atoms with Crippen molar-refractivity contribution in [2.24, 2.45) is 0 Å². The lowest BCUT2D eigenvalue weighted by Crippen LogP contribution is -2.45. The maximum atomic E-state index is 13.8. The van der Waals surface area contributed by atoms with Crippen LogP contribution >= 0.6 is 46.4 Å². The van der Waals surface area contributed by atoms with E-state index in [0.29, 0.717) is 65.8 Å². The fourth-order valence-electron chi connectivity index (χ4n) is 14.0. The number of rotatable bonds is 21. The highest BCUT2D eigenvalue weighted by Crippen LogP contribution is 2.57. The van der Waals surface area contributed by atoms with Crippen LogP contribution in [0, 0.1) is 0 Å². The second-order valence-electron chi connectivity index (χ2n) is 28.8. The zero-order chi connectivity index (χ0) is 65.1. The number of halogens is 5. The first-order chi connectivity index (χ1) is 46.2. The second kappa shape index (κ2) is 26.7. The lowest BCUT2D eigenvalue weighted by atomic mass is 9.62. The molecule has 0 radical (unpaired) electrons. The van der Waals surface area contributed by atoms with Gasteiger partial charge in [0, 0.05) is 62.5 Å². The molecule has 4 heterocycles. The molecule has 8 aromatic rings. The molecule has 14 nitrogen and oxygen atoms in total. The van der Waals surface area contributed by atoms with Gasteiger partial charge in [-0.05, 0) is 225 Å². The summed E-state index contributed by atoms with van der Waals surface area (Å²) in [6.45, 7) is 4.08. The van der Waals surface area contributed by atoms with Gasteiger partial charge in [-0.2, -0.15) is 20.4 Å². The number of hydrogen-bond acceptors (Lipinski definition) is 14. The Bertz CT molecular complexity index is 4080. The van der Waals surface area contributed by atoms with Gasteiger partial charge in [-0.3, -0.25) is 4.79 Å². The van der Waals surface area contributed by atoms with Crippen LogP contribution in [0.1, 0.15) is 288 Å². The number of carbonyl (C=O) groups is 1. The molecule has 0 unspecified atom stereocenters. The highest BCUT2D eigenvalue weighted by Gasteiger charge is 2.54. The standard InChI is InChI=1S/C20H22ClN3O2.C19H19ClFN3.C19H22ClN3.C18H18ClN3/c1-13(25)26-12-2-3-17-18(14-4-5-14)23-24-19(22-17)20(10-11-20)15-6-8-16(21)9-7-15;20-14-7-5-13(6-8-14)19(9-15(21)10-19)18-22-16(11-1-2-11)17(23-24-18)12-3-4-12;1-2-3-4-16-17(13-5-6-13)22-23-18(21-16)19(11-12-19)14-7-9-15(20)10-8-14;19-14-7-5-13(6-8-14)18(9-10-18)17-20-15(11-1-2-11)16(21-22-17)12-3-4-12/h6-9,14H,2-5,10-12H2,1H3;5-8,11-12,15H,1-4,9-10H2;7-10,13H,2-6,11-12H2,1H3;5-8,11-12H,1-4,9-10H2. The zero-order valence-electron chi connectivity index (χ0n) is 54.2. The summed E-state index contributed by atoms with van der Waals surface area (Å²) >= 11 is 24.1. The topological polar surface area (TPSA) is 181 Å². The summed E-state index contributed by atoms with van der Waals surface area (Å²) in [5, 5.41) is 39.4. The first-order valence-corrected chi connectivity index (χ1v) is 36.5. The van der Waals surface area contributed by atoms with Crippen LogP contribution in [0.25, 0.3) is 0 Å². The molecule has 95 heavy (non-hydrogen) atoms. The van der Waals surface area contributed by atoms with Gasteiger partial charge in [0.05, 0.1) is 73.8 Å². The van der Waals surface area contributed by atoms with E-state index in [2.05, 4.69) is 84.1 Å². The minimum absolute atomic E-state index is 0.0106. The lowest BCUT2D eigenvalue weighted by Gasteiger charge is -2.43. The van der Waals surface area contributed by atoms with Crippen molar-refractivity contribution in [3.05, 3.63) is 208 Å². The molecule has 0 spiro atoms. The summed E-state index contributed by atoms with van der Waals surface area (Å²) in [4.78, 5) is 30.9. The number of unbranched alkanes of at least 4 members (excludes halogenated alkanes) is 1. The largest absolute Gasteiger partial charge is 0.466 e. The maximum Gasteiger partial charge on any atom is 0.302 e. The average Bonchev–Trinajstić information content (AvgIpc) is 1.63. The van der Waals surface area contributed by atoms with Crippen LogP contribution in [0.15, 0.2) is 97.1 Å². The lowest BCUT2D eigenvalue weighted by molar-refractivity contribution is -0.141. The summed E-state index contributed by atoms with van der Waals surface area (Å²) < 4.78 is 18.9. The zero-order valence-corrected chi connectivity index (χ0v) is 57.3. The number of nitrogens with zero attached hydrogens (tertiary/aromatic N) is 12. The Morgan fingerprint density at radius 3 is 0.989 bits per heavy atom. The Kier molecular flexibility index (Phi) is 18.1. The fraction of sp³-hybridized carbons (Fsp3) is 0.513. The number of alkyl halides is 1. The molecule has 0 N–H and O–H groups in total. The molecule has 492 valence electrons. The predicted molar refractivity (Wildman–Crippen MR) is 365 cm³/mol. The Labute approximate surface area is 576 Å². The molecule has 0 aliphatic heterocycles. The fourth-order valence-corrected chi connectivity index (χ4v) is 14.5. The molecule has 0 amide bonds. The van der Waals surface area contributed by atoms with E-state index >= 15 is 0 Å². The molecule has 10 fully saturated rings. The third-order valence-corrected chi connectivity index (χ3v) is 22.2. The third kappa shape index (κ3) is 14.3. The van der Waals surface area contributed by atoms with Gasteiger partial charge in [-0.15, -0.1) is 20.4 Å². The molecule has 18 rings (SSSR count). The SMILES string of the molecule is CC(=O)OCCCc1nc(C2(c3ccc(Cl)cc3)CC2)nnc1C1CC1.CCCCc1nc(C2(c3ccc(Cl)cc3)CC2)nnc1C1CC1.Clc1ccc(C2(c3nnc(C4CC4)c(C4CC4)n3)CC2)cc1.FC1CC(c2ccc(Cl)cc2)(c2nnc(C3CC3)c(C3CC3)n2)C1. The van der Waals surface area contributed by atoms with Crippen molar-refractivity contribution >= 4 is 52.4 Å². The van der Waals surface area contributed by atoms with Gasteiger partial charge >= 0.3 is 5.97 Å². The van der Waals surface area contributed by atoms with Crippen LogP contribution in [-0.2, 0) is 44.0 Å². The van der Waals surface area contributed by atoms with Crippen LogP contribution in [0.3, 0.4) is 0 Å². The summed E-state index contributed by atoms with van der Waals surface area (Å²) in [5.41, 5.74) is 13.3. The van der Waals surface area contributed by atoms with Crippen molar-refractivity contribution in [2.45, 2.75) is 238 Å². The Morgan fingerprint density at radius 1 is 0.400 bits per heavy atom. The summed E-state index contributed by atoms with van der Waals surface area (Å²) in [7, 11) is 0. The quantitative estimate of drug-likeness (QED) is 0.0489. The number of hydrogen-bond donors (Lipinski definition) is 0. The molecule has 10 saturated carbocycles. The van der Waals surface area contributed by atoms with Crippen molar-refractivity contribution in [3.8, 4) is 0 Å². The molecule has 0 saturated heterocycles. The van der Waals surface area contributed by atoms with E-state index in [1.54, 1.807) is 0 Å². The third-order valence-electron chi connectivity index (χ3n) is 21.2.